The highest BCUT2D eigenvalue weighted by atomic mass is 32.2. The summed E-state index contributed by atoms with van der Waals surface area (Å²) in [7, 11) is 0. The minimum Gasteiger partial charge on any atom is -0.384 e. The third-order valence-electron chi connectivity index (χ3n) is 4.86. The average Bonchev–Trinajstić information content (AvgIpc) is 3.39. The minimum absolute atomic E-state index is 0.0215. The summed E-state index contributed by atoms with van der Waals surface area (Å²) in [6.45, 7) is 6.92. The number of carbonyl (C=O) groups excluding carboxylic acids is 1. The molecule has 0 spiro atoms. The zero-order chi connectivity index (χ0) is 19.7. The van der Waals surface area contributed by atoms with Crippen LogP contribution in [0.3, 0.4) is 0 Å². The van der Waals surface area contributed by atoms with Gasteiger partial charge < -0.3 is 10.3 Å². The SMILES string of the molecule is CCCCn1c(SCC(=O)c2c(N)n(C3CC3)c(=O)[nH]c2=O)nc(C)c1C. The highest BCUT2D eigenvalue weighted by molar-refractivity contribution is 7.99. The van der Waals surface area contributed by atoms with Crippen molar-refractivity contribution < 1.29 is 4.79 Å². The topological polar surface area (TPSA) is 116 Å². The quantitative estimate of drug-likeness (QED) is 0.525. The Balaban J connectivity index is 1.83. The van der Waals surface area contributed by atoms with Crippen LogP contribution in [-0.2, 0) is 6.54 Å². The van der Waals surface area contributed by atoms with Gasteiger partial charge >= 0.3 is 5.69 Å². The van der Waals surface area contributed by atoms with Crippen LogP contribution in [0.25, 0.3) is 0 Å². The van der Waals surface area contributed by atoms with E-state index in [9.17, 15) is 14.4 Å². The Bertz CT molecular complexity index is 984. The molecular weight excluding hydrogens is 366 g/mol. The van der Waals surface area contributed by atoms with Crippen LogP contribution in [-0.4, -0.2) is 30.6 Å². The zero-order valence-corrected chi connectivity index (χ0v) is 16.7. The number of unbranched alkanes of at least 4 members (excludes halogenated alkanes) is 1. The standard InChI is InChI=1S/C18H25N5O3S/c1-4-5-8-22-11(3)10(2)20-18(22)27-9-13(24)14-15(19)23(12-6-7-12)17(26)21-16(14)25/h12H,4-9,19H2,1-3H3,(H,21,25,26). The van der Waals surface area contributed by atoms with E-state index in [0.29, 0.717) is 0 Å². The van der Waals surface area contributed by atoms with Crippen LogP contribution in [0.4, 0.5) is 5.82 Å². The van der Waals surface area contributed by atoms with Crippen LogP contribution in [0.2, 0.25) is 0 Å². The lowest BCUT2D eigenvalue weighted by atomic mass is 10.2. The zero-order valence-electron chi connectivity index (χ0n) is 15.9. The molecule has 3 rings (SSSR count). The van der Waals surface area contributed by atoms with Crippen molar-refractivity contribution in [2.24, 2.45) is 0 Å². The Labute approximate surface area is 161 Å². The van der Waals surface area contributed by atoms with E-state index in [1.165, 1.54) is 16.3 Å². The molecule has 1 aliphatic rings. The number of nitrogens with one attached hydrogen (secondary N) is 1. The summed E-state index contributed by atoms with van der Waals surface area (Å²) in [6, 6.07) is -0.0215. The second kappa shape index (κ2) is 7.75. The van der Waals surface area contributed by atoms with Crippen LogP contribution in [0, 0.1) is 13.8 Å². The molecule has 1 aliphatic carbocycles. The molecule has 2 aromatic heterocycles. The molecule has 8 nitrogen and oxygen atoms in total. The maximum absolute atomic E-state index is 12.7. The highest BCUT2D eigenvalue weighted by Gasteiger charge is 2.30. The number of aromatic nitrogens is 4. The van der Waals surface area contributed by atoms with Crippen LogP contribution < -0.4 is 17.0 Å². The van der Waals surface area contributed by atoms with Gasteiger partial charge in [-0.3, -0.25) is 19.1 Å². The van der Waals surface area contributed by atoms with Crippen LogP contribution in [0.15, 0.2) is 14.7 Å². The molecule has 2 heterocycles. The number of H-pyrrole nitrogens is 1. The van der Waals surface area contributed by atoms with Crippen LogP contribution >= 0.6 is 11.8 Å². The fourth-order valence-electron chi connectivity index (χ4n) is 3.05. The lowest BCUT2D eigenvalue weighted by Crippen LogP contribution is -2.36. The van der Waals surface area contributed by atoms with Gasteiger partial charge in [-0.2, -0.15) is 0 Å². The molecule has 27 heavy (non-hydrogen) atoms. The van der Waals surface area contributed by atoms with Crippen molar-refractivity contribution >= 4 is 23.4 Å². The van der Waals surface area contributed by atoms with Crippen LogP contribution in [0.1, 0.15) is 60.4 Å². The summed E-state index contributed by atoms with van der Waals surface area (Å²) >= 11 is 1.29. The number of ketones is 1. The lowest BCUT2D eigenvalue weighted by molar-refractivity contribution is 0.102. The molecule has 9 heteroatoms. The number of rotatable bonds is 8. The monoisotopic (exact) mass is 391 g/mol. The van der Waals surface area contributed by atoms with Gasteiger partial charge in [-0.15, -0.1) is 0 Å². The first kappa shape index (κ1) is 19.5. The molecule has 146 valence electrons. The van der Waals surface area contributed by atoms with E-state index in [2.05, 4.69) is 21.5 Å². The Morgan fingerprint density at radius 1 is 1.33 bits per heavy atom. The maximum Gasteiger partial charge on any atom is 0.330 e. The molecule has 2 aromatic rings. The number of nitrogen functional groups attached to an aromatic ring is 1. The second-order valence-electron chi connectivity index (χ2n) is 6.90. The predicted octanol–water partition coefficient (Wildman–Crippen LogP) is 2.04. The number of hydrogen-bond acceptors (Lipinski definition) is 6. The van der Waals surface area contributed by atoms with Crippen molar-refractivity contribution in [1.29, 1.82) is 0 Å². The van der Waals surface area contributed by atoms with Crippen molar-refractivity contribution in [3.05, 3.63) is 37.8 Å². The van der Waals surface area contributed by atoms with Gasteiger partial charge in [0.05, 0.1) is 11.4 Å². The molecule has 1 saturated carbocycles. The van der Waals surface area contributed by atoms with E-state index in [1.54, 1.807) is 0 Å². The normalized spacial score (nSPS) is 13.9. The summed E-state index contributed by atoms with van der Waals surface area (Å²) in [5, 5.41) is 0.761. The van der Waals surface area contributed by atoms with E-state index in [1.807, 2.05) is 13.8 Å². The second-order valence-corrected chi connectivity index (χ2v) is 7.85. The number of hydrogen-bond donors (Lipinski definition) is 2. The van der Waals surface area contributed by atoms with Gasteiger partial charge in [-0.05, 0) is 33.1 Å². The Hall–Kier alpha value is -2.29. The lowest BCUT2D eigenvalue weighted by Gasteiger charge is -2.11. The molecule has 0 radical (unpaired) electrons. The first-order chi connectivity index (χ1) is 12.8. The third-order valence-corrected chi connectivity index (χ3v) is 5.84. The Morgan fingerprint density at radius 2 is 2.04 bits per heavy atom. The maximum atomic E-state index is 12.7. The third kappa shape index (κ3) is 3.87. The number of imidazole rings is 1. The van der Waals surface area contributed by atoms with E-state index in [0.717, 1.165) is 48.8 Å². The highest BCUT2D eigenvalue weighted by Crippen LogP contribution is 2.35. The van der Waals surface area contributed by atoms with Gasteiger partial charge in [0, 0.05) is 18.3 Å². The molecule has 0 unspecified atom stereocenters. The Kier molecular flexibility index (Phi) is 5.59. The van der Waals surface area contributed by atoms with E-state index >= 15 is 0 Å². The molecule has 1 fully saturated rings. The predicted molar refractivity (Wildman–Crippen MR) is 106 cm³/mol. The molecule has 0 bridgehead atoms. The summed E-state index contributed by atoms with van der Waals surface area (Å²) in [5.41, 5.74) is 6.62. The van der Waals surface area contributed by atoms with E-state index in [-0.39, 0.29) is 23.2 Å². The van der Waals surface area contributed by atoms with Gasteiger partial charge in [0.25, 0.3) is 5.56 Å². The minimum atomic E-state index is -0.721. The molecule has 0 saturated heterocycles. The van der Waals surface area contributed by atoms with Crippen molar-refractivity contribution in [1.82, 2.24) is 19.1 Å². The number of anilines is 1. The molecule has 0 amide bonds. The van der Waals surface area contributed by atoms with Gasteiger partial charge in [-0.25, -0.2) is 9.78 Å². The number of thioether (sulfide) groups is 1. The van der Waals surface area contributed by atoms with Crippen molar-refractivity contribution in [3.8, 4) is 0 Å². The van der Waals surface area contributed by atoms with Gasteiger partial charge in [-0.1, -0.05) is 25.1 Å². The van der Waals surface area contributed by atoms with Gasteiger partial charge in [0.2, 0.25) is 0 Å². The number of Topliss-reactive ketones (excluding diaryl/α,β-unsaturated/α-hetero) is 1. The number of carbonyl (C=O) groups is 1. The summed E-state index contributed by atoms with van der Waals surface area (Å²) < 4.78 is 3.44. The number of nitrogens with two attached hydrogens (primary N) is 1. The molecular formula is C18H25N5O3S. The largest absolute Gasteiger partial charge is 0.384 e. The molecule has 0 aromatic carbocycles. The molecule has 3 N–H and O–H groups in total. The molecule has 0 aliphatic heterocycles. The van der Waals surface area contributed by atoms with Crippen molar-refractivity contribution in [3.63, 3.8) is 0 Å². The number of nitrogens with zero attached hydrogens (tertiary/aromatic N) is 3. The van der Waals surface area contributed by atoms with Crippen molar-refractivity contribution in [2.45, 2.75) is 64.2 Å². The smallest absolute Gasteiger partial charge is 0.330 e. The van der Waals surface area contributed by atoms with E-state index in [4.69, 9.17) is 5.73 Å². The number of aromatic amines is 1. The summed E-state index contributed by atoms with van der Waals surface area (Å²) in [4.78, 5) is 43.6. The first-order valence-corrected chi connectivity index (χ1v) is 10.2. The summed E-state index contributed by atoms with van der Waals surface area (Å²) in [5.74, 6) is -0.384. The fraction of sp³-hybridized carbons (Fsp3) is 0.556. The van der Waals surface area contributed by atoms with Gasteiger partial charge in [0.1, 0.15) is 11.4 Å². The molecule has 0 atom stereocenters. The fourth-order valence-corrected chi connectivity index (χ4v) is 4.04. The van der Waals surface area contributed by atoms with Crippen molar-refractivity contribution in [2.75, 3.05) is 11.5 Å². The number of aryl methyl sites for hydroxylation is 1. The van der Waals surface area contributed by atoms with E-state index < -0.39 is 17.0 Å². The van der Waals surface area contributed by atoms with Crippen LogP contribution in [0.5, 0.6) is 0 Å². The van der Waals surface area contributed by atoms with Gasteiger partial charge in [0.15, 0.2) is 10.9 Å². The Morgan fingerprint density at radius 3 is 2.67 bits per heavy atom. The summed E-state index contributed by atoms with van der Waals surface area (Å²) in [6.07, 6.45) is 3.74. The average molecular weight is 391 g/mol. The first-order valence-electron chi connectivity index (χ1n) is 9.19.